The quantitative estimate of drug-likeness (QED) is 0.915. The first-order valence-corrected chi connectivity index (χ1v) is 6.36. The lowest BCUT2D eigenvalue weighted by Gasteiger charge is -2.10. The number of anilines is 1. The third-order valence-corrected chi connectivity index (χ3v) is 3.50. The smallest absolute Gasteiger partial charge is 0.231 e. The normalized spacial score (nSPS) is 15.8. The average Bonchev–Trinajstić information content (AvgIpc) is 3.20. The van der Waals surface area contributed by atoms with Crippen molar-refractivity contribution in [2.24, 2.45) is 5.41 Å². The number of amides is 1. The maximum absolute atomic E-state index is 12.0. The zero-order valence-corrected chi connectivity index (χ0v) is 10.8. The second-order valence-electron chi connectivity index (χ2n) is 5.16. The van der Waals surface area contributed by atoms with Crippen molar-refractivity contribution in [3.8, 4) is 11.3 Å². The molecular formula is C15H15N3O. The Hall–Kier alpha value is -2.23. The van der Waals surface area contributed by atoms with Crippen LogP contribution >= 0.6 is 0 Å². The van der Waals surface area contributed by atoms with Gasteiger partial charge in [0.05, 0.1) is 5.69 Å². The number of nitrogens with one attached hydrogen (secondary N) is 1. The fourth-order valence-electron chi connectivity index (χ4n) is 1.86. The van der Waals surface area contributed by atoms with E-state index in [0.717, 1.165) is 24.1 Å². The molecule has 0 unspecified atom stereocenters. The lowest BCUT2D eigenvalue weighted by Crippen LogP contribution is -2.21. The molecule has 0 spiro atoms. The topological polar surface area (TPSA) is 54.9 Å². The molecule has 1 saturated carbocycles. The van der Waals surface area contributed by atoms with Crippen molar-refractivity contribution in [2.75, 3.05) is 5.32 Å². The fraction of sp³-hybridized carbons (Fsp3) is 0.267. The van der Waals surface area contributed by atoms with E-state index in [1.165, 1.54) is 0 Å². The van der Waals surface area contributed by atoms with E-state index in [1.807, 2.05) is 37.3 Å². The number of rotatable bonds is 3. The number of pyridine rings is 2. The third-order valence-electron chi connectivity index (χ3n) is 3.50. The highest BCUT2D eigenvalue weighted by atomic mass is 16.2. The summed E-state index contributed by atoms with van der Waals surface area (Å²) in [6, 6.07) is 9.42. The van der Waals surface area contributed by atoms with Crippen molar-refractivity contribution in [3.05, 3.63) is 42.7 Å². The Morgan fingerprint density at radius 1 is 1.26 bits per heavy atom. The summed E-state index contributed by atoms with van der Waals surface area (Å²) in [7, 11) is 0. The van der Waals surface area contributed by atoms with Gasteiger partial charge in [0.1, 0.15) is 5.82 Å². The van der Waals surface area contributed by atoms with E-state index < -0.39 is 0 Å². The van der Waals surface area contributed by atoms with Gasteiger partial charge < -0.3 is 5.32 Å². The van der Waals surface area contributed by atoms with Gasteiger partial charge in [0, 0.05) is 23.4 Å². The molecule has 4 heteroatoms. The van der Waals surface area contributed by atoms with Crippen LogP contribution in [0.5, 0.6) is 0 Å². The van der Waals surface area contributed by atoms with Crippen LogP contribution in [-0.4, -0.2) is 15.9 Å². The highest BCUT2D eigenvalue weighted by Gasteiger charge is 2.44. The van der Waals surface area contributed by atoms with Crippen LogP contribution in [0, 0.1) is 5.41 Å². The van der Waals surface area contributed by atoms with E-state index in [-0.39, 0.29) is 11.3 Å². The van der Waals surface area contributed by atoms with E-state index in [9.17, 15) is 4.79 Å². The van der Waals surface area contributed by atoms with Crippen molar-refractivity contribution >= 4 is 11.7 Å². The Bertz CT molecular complexity index is 606. The van der Waals surface area contributed by atoms with Crippen molar-refractivity contribution in [1.29, 1.82) is 0 Å². The number of aromatic nitrogens is 2. The number of hydrogen-bond acceptors (Lipinski definition) is 3. The van der Waals surface area contributed by atoms with Crippen molar-refractivity contribution in [2.45, 2.75) is 19.8 Å². The minimum atomic E-state index is -0.189. The fourth-order valence-corrected chi connectivity index (χ4v) is 1.86. The first kappa shape index (κ1) is 11.8. The Morgan fingerprint density at radius 2 is 2.11 bits per heavy atom. The van der Waals surface area contributed by atoms with E-state index in [4.69, 9.17) is 0 Å². The Morgan fingerprint density at radius 3 is 2.79 bits per heavy atom. The van der Waals surface area contributed by atoms with Gasteiger partial charge in [-0.15, -0.1) is 0 Å². The average molecular weight is 253 g/mol. The van der Waals surface area contributed by atoms with E-state index in [0.29, 0.717) is 5.82 Å². The molecule has 0 saturated heterocycles. The standard InChI is InChI=1S/C15H15N3O/c1-15(7-8-15)14(19)18-13-6-2-5-12(17-13)11-4-3-9-16-10-11/h2-6,9-10H,7-8H2,1H3,(H,17,18,19). The molecule has 0 atom stereocenters. The zero-order valence-electron chi connectivity index (χ0n) is 10.8. The van der Waals surface area contributed by atoms with Crippen LogP contribution in [0.4, 0.5) is 5.82 Å². The van der Waals surface area contributed by atoms with Gasteiger partial charge in [-0.05, 0) is 37.1 Å². The molecule has 2 aromatic rings. The summed E-state index contributed by atoms with van der Waals surface area (Å²) < 4.78 is 0. The van der Waals surface area contributed by atoms with Gasteiger partial charge in [-0.1, -0.05) is 13.0 Å². The molecule has 19 heavy (non-hydrogen) atoms. The molecule has 1 aliphatic rings. The molecule has 1 fully saturated rings. The molecule has 1 aliphatic carbocycles. The predicted octanol–water partition coefficient (Wildman–Crippen LogP) is 2.88. The lowest BCUT2D eigenvalue weighted by molar-refractivity contribution is -0.120. The summed E-state index contributed by atoms with van der Waals surface area (Å²) in [5.41, 5.74) is 1.56. The summed E-state index contributed by atoms with van der Waals surface area (Å²) in [4.78, 5) is 20.5. The molecule has 1 N–H and O–H groups in total. The first-order chi connectivity index (χ1) is 9.17. The molecule has 1 amide bonds. The summed E-state index contributed by atoms with van der Waals surface area (Å²) in [6.07, 6.45) is 5.40. The number of carbonyl (C=O) groups excluding carboxylic acids is 1. The Kier molecular flexibility index (Phi) is 2.78. The molecule has 2 heterocycles. The number of hydrogen-bond donors (Lipinski definition) is 1. The van der Waals surface area contributed by atoms with Gasteiger partial charge >= 0.3 is 0 Å². The minimum Gasteiger partial charge on any atom is -0.310 e. The molecule has 0 aromatic carbocycles. The lowest BCUT2D eigenvalue weighted by atomic mass is 10.1. The maximum Gasteiger partial charge on any atom is 0.231 e. The van der Waals surface area contributed by atoms with Crippen LogP contribution in [0.25, 0.3) is 11.3 Å². The monoisotopic (exact) mass is 253 g/mol. The van der Waals surface area contributed by atoms with Crippen LogP contribution in [-0.2, 0) is 4.79 Å². The van der Waals surface area contributed by atoms with Gasteiger partial charge in [0.2, 0.25) is 5.91 Å². The maximum atomic E-state index is 12.0. The Balaban J connectivity index is 1.82. The summed E-state index contributed by atoms with van der Waals surface area (Å²) in [5, 5.41) is 2.88. The largest absolute Gasteiger partial charge is 0.310 e. The zero-order chi connectivity index (χ0) is 13.3. The summed E-state index contributed by atoms with van der Waals surface area (Å²) in [6.45, 7) is 1.98. The van der Waals surface area contributed by atoms with Gasteiger partial charge in [0.25, 0.3) is 0 Å². The molecule has 0 radical (unpaired) electrons. The molecule has 4 nitrogen and oxygen atoms in total. The van der Waals surface area contributed by atoms with Crippen molar-refractivity contribution in [1.82, 2.24) is 9.97 Å². The second kappa shape index (κ2) is 4.46. The van der Waals surface area contributed by atoms with Crippen LogP contribution in [0.2, 0.25) is 0 Å². The molecule has 2 aromatic heterocycles. The van der Waals surface area contributed by atoms with Gasteiger partial charge in [-0.25, -0.2) is 4.98 Å². The molecule has 0 bridgehead atoms. The van der Waals surface area contributed by atoms with Crippen LogP contribution in [0.1, 0.15) is 19.8 Å². The molecule has 3 rings (SSSR count). The van der Waals surface area contributed by atoms with Crippen LogP contribution < -0.4 is 5.32 Å². The predicted molar refractivity (Wildman–Crippen MR) is 73.4 cm³/mol. The van der Waals surface area contributed by atoms with Gasteiger partial charge in [-0.2, -0.15) is 0 Å². The van der Waals surface area contributed by atoms with Crippen LogP contribution in [0.3, 0.4) is 0 Å². The van der Waals surface area contributed by atoms with Crippen LogP contribution in [0.15, 0.2) is 42.7 Å². The number of nitrogens with zero attached hydrogens (tertiary/aromatic N) is 2. The third kappa shape index (κ3) is 2.47. The van der Waals surface area contributed by atoms with Gasteiger partial charge in [-0.3, -0.25) is 9.78 Å². The molecular weight excluding hydrogens is 238 g/mol. The Labute approximate surface area is 111 Å². The van der Waals surface area contributed by atoms with Gasteiger partial charge in [0.15, 0.2) is 0 Å². The minimum absolute atomic E-state index is 0.0586. The number of carbonyl (C=O) groups is 1. The molecule has 96 valence electrons. The summed E-state index contributed by atoms with van der Waals surface area (Å²) >= 11 is 0. The van der Waals surface area contributed by atoms with E-state index >= 15 is 0 Å². The van der Waals surface area contributed by atoms with Crippen molar-refractivity contribution in [3.63, 3.8) is 0 Å². The highest BCUT2D eigenvalue weighted by Crippen LogP contribution is 2.45. The second-order valence-corrected chi connectivity index (χ2v) is 5.16. The summed E-state index contributed by atoms with van der Waals surface area (Å²) in [5.74, 6) is 0.655. The highest BCUT2D eigenvalue weighted by molar-refractivity contribution is 5.96. The molecule has 0 aliphatic heterocycles. The first-order valence-electron chi connectivity index (χ1n) is 6.36. The van der Waals surface area contributed by atoms with E-state index in [1.54, 1.807) is 12.4 Å². The van der Waals surface area contributed by atoms with Crippen molar-refractivity contribution < 1.29 is 4.79 Å². The van der Waals surface area contributed by atoms with E-state index in [2.05, 4.69) is 15.3 Å². The SMILES string of the molecule is CC1(C(=O)Nc2cccc(-c3cccnc3)n2)CC1.